The molecule has 3 heteroatoms. The fraction of sp³-hybridized carbons (Fsp3) is 0.667. The lowest BCUT2D eigenvalue weighted by atomic mass is 9.88. The van der Waals surface area contributed by atoms with Crippen molar-refractivity contribution in [2.24, 2.45) is 5.92 Å². The van der Waals surface area contributed by atoms with Crippen LogP contribution in [0.3, 0.4) is 0 Å². The summed E-state index contributed by atoms with van der Waals surface area (Å²) in [6.45, 7) is 8.94. The van der Waals surface area contributed by atoms with Crippen molar-refractivity contribution in [3.63, 3.8) is 0 Å². The van der Waals surface area contributed by atoms with Gasteiger partial charge in [0, 0.05) is 23.1 Å². The van der Waals surface area contributed by atoms with E-state index in [-0.39, 0.29) is 0 Å². The molecule has 1 aliphatic rings. The van der Waals surface area contributed by atoms with Crippen LogP contribution in [0.5, 0.6) is 0 Å². The first kappa shape index (κ1) is 17.0. The van der Waals surface area contributed by atoms with Gasteiger partial charge in [-0.2, -0.15) is 0 Å². The number of likely N-dealkylation sites (tertiary alicyclic amines) is 1. The van der Waals surface area contributed by atoms with E-state index in [2.05, 4.69) is 72.2 Å². The number of hydrogen-bond acceptors (Lipinski definition) is 2. The Morgan fingerprint density at radius 1 is 1.33 bits per heavy atom. The summed E-state index contributed by atoms with van der Waals surface area (Å²) in [4.78, 5) is 2.55. The second-order valence-electron chi connectivity index (χ2n) is 6.75. The predicted octanol–water partition coefficient (Wildman–Crippen LogP) is 4.53. The molecule has 0 bridgehead atoms. The number of rotatable bonds is 4. The molecule has 1 aromatic rings. The molecule has 2 unspecified atom stereocenters. The van der Waals surface area contributed by atoms with Crippen LogP contribution < -0.4 is 5.32 Å². The Kier molecular flexibility index (Phi) is 6.27. The van der Waals surface area contributed by atoms with Gasteiger partial charge in [0.1, 0.15) is 0 Å². The summed E-state index contributed by atoms with van der Waals surface area (Å²) < 4.78 is 1.23. The maximum absolute atomic E-state index is 3.70. The zero-order valence-electron chi connectivity index (χ0n) is 13.8. The Morgan fingerprint density at radius 2 is 2.10 bits per heavy atom. The van der Waals surface area contributed by atoms with Crippen molar-refractivity contribution in [3.05, 3.63) is 33.8 Å². The second-order valence-corrected chi connectivity index (χ2v) is 7.61. The van der Waals surface area contributed by atoms with Crippen LogP contribution in [0, 0.1) is 12.8 Å². The molecule has 2 nitrogen and oxygen atoms in total. The van der Waals surface area contributed by atoms with Crippen LogP contribution in [0.25, 0.3) is 0 Å². The van der Waals surface area contributed by atoms with E-state index >= 15 is 0 Å². The molecule has 0 radical (unpaired) electrons. The van der Waals surface area contributed by atoms with Crippen LogP contribution in [-0.2, 0) is 0 Å². The maximum Gasteiger partial charge on any atom is 0.0385 e. The lowest BCUT2D eigenvalue weighted by Crippen LogP contribution is -2.37. The molecular weight excluding hydrogens is 324 g/mol. The van der Waals surface area contributed by atoms with Crippen molar-refractivity contribution < 1.29 is 0 Å². The topological polar surface area (TPSA) is 15.3 Å². The summed E-state index contributed by atoms with van der Waals surface area (Å²) >= 11 is 3.70. The molecule has 1 aromatic carbocycles. The second kappa shape index (κ2) is 7.75. The summed E-state index contributed by atoms with van der Waals surface area (Å²) in [5, 5.41) is 3.65. The first-order valence-electron chi connectivity index (χ1n) is 8.18. The predicted molar refractivity (Wildman–Crippen MR) is 94.7 cm³/mol. The minimum atomic E-state index is 0.524. The van der Waals surface area contributed by atoms with Crippen LogP contribution in [0.15, 0.2) is 22.7 Å². The first-order chi connectivity index (χ1) is 9.99. The summed E-state index contributed by atoms with van der Waals surface area (Å²) in [6.07, 6.45) is 3.98. The molecule has 21 heavy (non-hydrogen) atoms. The van der Waals surface area contributed by atoms with E-state index in [4.69, 9.17) is 0 Å². The molecule has 1 aliphatic heterocycles. The molecule has 0 saturated carbocycles. The Labute approximate surface area is 138 Å². The van der Waals surface area contributed by atoms with Crippen LogP contribution in [0.1, 0.15) is 50.3 Å². The van der Waals surface area contributed by atoms with Gasteiger partial charge in [0.25, 0.3) is 0 Å². The first-order valence-corrected chi connectivity index (χ1v) is 8.98. The molecule has 1 fully saturated rings. The Morgan fingerprint density at radius 3 is 2.76 bits per heavy atom. The summed E-state index contributed by atoms with van der Waals surface area (Å²) in [7, 11) is 2.28. The Balaban J connectivity index is 2.25. The van der Waals surface area contributed by atoms with Gasteiger partial charge in [-0.1, -0.05) is 48.3 Å². The van der Waals surface area contributed by atoms with Crippen LogP contribution in [-0.4, -0.2) is 31.1 Å². The van der Waals surface area contributed by atoms with E-state index in [9.17, 15) is 0 Å². The minimum Gasteiger partial charge on any atom is -0.314 e. The van der Waals surface area contributed by atoms with E-state index in [1.807, 2.05) is 0 Å². The Bertz CT molecular complexity index is 459. The standard InChI is InChI=1S/C18H29BrN2/c1-13(2)20-12-16-7-5-6-10-21(4)18(16)15-9-8-14(3)17(19)11-15/h8-9,11,13,16,18,20H,5-7,10,12H2,1-4H3. The van der Waals surface area contributed by atoms with Crippen LogP contribution in [0.4, 0.5) is 0 Å². The SMILES string of the molecule is Cc1ccc(C2C(CNC(C)C)CCCCN2C)cc1Br. The van der Waals surface area contributed by atoms with Gasteiger partial charge in [0.15, 0.2) is 0 Å². The highest BCUT2D eigenvalue weighted by Crippen LogP contribution is 2.35. The van der Waals surface area contributed by atoms with Gasteiger partial charge >= 0.3 is 0 Å². The average molecular weight is 353 g/mol. The number of hydrogen-bond donors (Lipinski definition) is 1. The third kappa shape index (κ3) is 4.54. The van der Waals surface area contributed by atoms with Gasteiger partial charge in [-0.05, 0) is 56.5 Å². The van der Waals surface area contributed by atoms with E-state index in [0.717, 1.165) is 6.54 Å². The van der Waals surface area contributed by atoms with Crippen molar-refractivity contribution in [2.75, 3.05) is 20.1 Å². The molecule has 1 N–H and O–H groups in total. The summed E-state index contributed by atoms with van der Waals surface area (Å²) in [5.41, 5.74) is 2.76. The molecule has 0 amide bonds. The van der Waals surface area contributed by atoms with E-state index in [0.29, 0.717) is 18.0 Å². The van der Waals surface area contributed by atoms with Gasteiger partial charge in [-0.15, -0.1) is 0 Å². The van der Waals surface area contributed by atoms with Crippen LogP contribution in [0.2, 0.25) is 0 Å². The number of benzene rings is 1. The highest BCUT2D eigenvalue weighted by molar-refractivity contribution is 9.10. The maximum atomic E-state index is 3.70. The van der Waals surface area contributed by atoms with Gasteiger partial charge in [0.05, 0.1) is 0 Å². The van der Waals surface area contributed by atoms with Crippen molar-refractivity contribution in [3.8, 4) is 0 Å². The number of aryl methyl sites for hydroxylation is 1. The van der Waals surface area contributed by atoms with Gasteiger partial charge in [-0.25, -0.2) is 0 Å². The molecule has 0 spiro atoms. The van der Waals surface area contributed by atoms with Crippen molar-refractivity contribution in [1.29, 1.82) is 0 Å². The smallest absolute Gasteiger partial charge is 0.0385 e. The van der Waals surface area contributed by atoms with E-state index < -0.39 is 0 Å². The van der Waals surface area contributed by atoms with Crippen LogP contribution >= 0.6 is 15.9 Å². The summed E-state index contributed by atoms with van der Waals surface area (Å²) in [6, 6.07) is 7.96. The summed E-state index contributed by atoms with van der Waals surface area (Å²) in [5.74, 6) is 0.689. The zero-order chi connectivity index (χ0) is 15.4. The number of nitrogens with one attached hydrogen (secondary N) is 1. The quantitative estimate of drug-likeness (QED) is 0.856. The van der Waals surface area contributed by atoms with E-state index in [1.165, 1.54) is 41.4 Å². The van der Waals surface area contributed by atoms with Crippen molar-refractivity contribution in [1.82, 2.24) is 10.2 Å². The fourth-order valence-corrected chi connectivity index (χ4v) is 3.74. The molecule has 118 valence electrons. The third-order valence-corrected chi connectivity index (χ3v) is 5.44. The van der Waals surface area contributed by atoms with Crippen molar-refractivity contribution in [2.45, 2.75) is 52.1 Å². The molecule has 0 aromatic heterocycles. The number of halogens is 1. The van der Waals surface area contributed by atoms with Gasteiger partial charge in [-0.3, -0.25) is 4.90 Å². The van der Waals surface area contributed by atoms with Crippen molar-refractivity contribution >= 4 is 15.9 Å². The minimum absolute atomic E-state index is 0.524. The molecule has 2 atom stereocenters. The fourth-order valence-electron chi connectivity index (χ4n) is 3.35. The zero-order valence-corrected chi connectivity index (χ0v) is 15.4. The largest absolute Gasteiger partial charge is 0.314 e. The average Bonchev–Trinajstić information content (AvgIpc) is 2.61. The molecule has 0 aliphatic carbocycles. The lowest BCUT2D eigenvalue weighted by molar-refractivity contribution is 0.187. The normalized spacial score (nSPS) is 24.3. The Hall–Kier alpha value is -0.380. The van der Waals surface area contributed by atoms with Gasteiger partial charge < -0.3 is 5.32 Å². The molecule has 1 heterocycles. The number of nitrogens with zero attached hydrogens (tertiary/aromatic N) is 1. The van der Waals surface area contributed by atoms with Gasteiger partial charge in [0.2, 0.25) is 0 Å². The lowest BCUT2D eigenvalue weighted by Gasteiger charge is -2.33. The van der Waals surface area contributed by atoms with E-state index in [1.54, 1.807) is 0 Å². The monoisotopic (exact) mass is 352 g/mol. The third-order valence-electron chi connectivity index (χ3n) is 4.58. The molecular formula is C18H29BrN2. The highest BCUT2D eigenvalue weighted by atomic mass is 79.9. The molecule has 2 rings (SSSR count). The highest BCUT2D eigenvalue weighted by Gasteiger charge is 2.29. The molecule has 1 saturated heterocycles.